The van der Waals surface area contributed by atoms with Crippen LogP contribution in [0.5, 0.6) is 0 Å². The number of pyridine rings is 3. The molecule has 4 aromatic heterocycles. The number of aromatic amines is 1. The molecule has 0 fully saturated rings. The van der Waals surface area contributed by atoms with Crippen molar-refractivity contribution in [2.24, 2.45) is 7.05 Å². The Bertz CT molecular complexity index is 1180. The number of carbonyl (C=O) groups is 1. The highest BCUT2D eigenvalue weighted by atomic mass is 16.2. The van der Waals surface area contributed by atoms with Crippen molar-refractivity contribution in [2.75, 3.05) is 5.32 Å². The molecule has 4 rings (SSSR count). The number of rotatable bonds is 4. The first-order valence-corrected chi connectivity index (χ1v) is 8.53. The number of hydrogen-bond acceptors (Lipinski definition) is 5. The second kappa shape index (κ2) is 7.28. The predicted octanol–water partition coefficient (Wildman–Crippen LogP) is 2.48. The Labute approximate surface area is 159 Å². The van der Waals surface area contributed by atoms with Gasteiger partial charge >= 0.3 is 0 Å². The van der Waals surface area contributed by atoms with E-state index in [1.807, 2.05) is 18.2 Å². The summed E-state index contributed by atoms with van der Waals surface area (Å²) in [7, 11) is 1.77. The molecule has 0 aromatic carbocycles. The lowest BCUT2D eigenvalue weighted by Gasteiger charge is -2.06. The van der Waals surface area contributed by atoms with E-state index in [1.165, 1.54) is 6.07 Å². The highest BCUT2D eigenvalue weighted by Crippen LogP contribution is 2.25. The molecule has 0 saturated carbocycles. The Balaban J connectivity index is 1.62. The molecule has 0 bridgehead atoms. The van der Waals surface area contributed by atoms with Gasteiger partial charge in [0.2, 0.25) is 5.56 Å². The van der Waals surface area contributed by atoms with Gasteiger partial charge in [0.05, 0.1) is 17.1 Å². The molecule has 0 aliphatic rings. The van der Waals surface area contributed by atoms with Crippen LogP contribution in [0.25, 0.3) is 22.6 Å². The largest absolute Gasteiger partial charge is 0.328 e. The summed E-state index contributed by atoms with van der Waals surface area (Å²) in [5, 5.41) is 7.24. The van der Waals surface area contributed by atoms with Crippen LogP contribution in [0.4, 0.5) is 5.69 Å². The van der Waals surface area contributed by atoms with Gasteiger partial charge in [-0.1, -0.05) is 12.1 Å². The summed E-state index contributed by atoms with van der Waals surface area (Å²) >= 11 is 0. The van der Waals surface area contributed by atoms with Crippen molar-refractivity contribution in [2.45, 2.75) is 0 Å². The van der Waals surface area contributed by atoms with Crippen molar-refractivity contribution in [1.82, 2.24) is 24.7 Å². The van der Waals surface area contributed by atoms with E-state index in [0.717, 1.165) is 0 Å². The molecule has 1 amide bonds. The SMILES string of the molecule is Cn1cc(NC(=O)c2cccc(-c3ccc(=O)[nH]c3)n2)c(-c2ccccn2)n1. The molecule has 2 N–H and O–H groups in total. The highest BCUT2D eigenvalue weighted by molar-refractivity contribution is 6.04. The van der Waals surface area contributed by atoms with Gasteiger partial charge in [0.15, 0.2) is 0 Å². The molecular weight excluding hydrogens is 356 g/mol. The number of H-pyrrole nitrogens is 1. The summed E-state index contributed by atoms with van der Waals surface area (Å²) in [6.45, 7) is 0. The summed E-state index contributed by atoms with van der Waals surface area (Å²) in [5.74, 6) is -0.364. The normalized spacial score (nSPS) is 10.6. The summed E-state index contributed by atoms with van der Waals surface area (Å²) in [5.41, 5.74) is 3.13. The number of carbonyl (C=O) groups excluding carboxylic acids is 1. The molecule has 4 heterocycles. The van der Waals surface area contributed by atoms with Crippen LogP contribution < -0.4 is 10.9 Å². The van der Waals surface area contributed by atoms with E-state index in [2.05, 4.69) is 25.4 Å². The van der Waals surface area contributed by atoms with E-state index >= 15 is 0 Å². The Morgan fingerprint density at radius 1 is 1.07 bits per heavy atom. The minimum absolute atomic E-state index is 0.198. The molecule has 8 heteroatoms. The van der Waals surface area contributed by atoms with Crippen LogP contribution in [0.2, 0.25) is 0 Å². The number of aromatic nitrogens is 5. The Morgan fingerprint density at radius 3 is 2.68 bits per heavy atom. The molecule has 0 spiro atoms. The minimum atomic E-state index is -0.364. The van der Waals surface area contributed by atoms with Crippen LogP contribution in [0.15, 0.2) is 71.9 Å². The van der Waals surface area contributed by atoms with Gasteiger partial charge in [0.25, 0.3) is 5.91 Å². The van der Waals surface area contributed by atoms with Crippen LogP contribution in [-0.4, -0.2) is 30.6 Å². The van der Waals surface area contributed by atoms with Crippen molar-refractivity contribution in [3.8, 4) is 22.6 Å². The fourth-order valence-corrected chi connectivity index (χ4v) is 2.75. The summed E-state index contributed by atoms with van der Waals surface area (Å²) < 4.78 is 1.61. The molecule has 0 radical (unpaired) electrons. The fourth-order valence-electron chi connectivity index (χ4n) is 2.75. The van der Waals surface area contributed by atoms with E-state index < -0.39 is 0 Å². The fraction of sp³-hybridized carbons (Fsp3) is 0.0500. The maximum Gasteiger partial charge on any atom is 0.274 e. The topological polar surface area (TPSA) is 106 Å². The summed E-state index contributed by atoms with van der Waals surface area (Å²) in [6, 6.07) is 13.7. The summed E-state index contributed by atoms with van der Waals surface area (Å²) in [6.07, 6.45) is 4.95. The molecule has 138 valence electrons. The van der Waals surface area contributed by atoms with Gasteiger partial charge in [-0.15, -0.1) is 0 Å². The van der Waals surface area contributed by atoms with Gasteiger partial charge in [-0.05, 0) is 30.3 Å². The van der Waals surface area contributed by atoms with Crippen LogP contribution in [0.3, 0.4) is 0 Å². The molecule has 0 aliphatic heterocycles. The third kappa shape index (κ3) is 3.56. The lowest BCUT2D eigenvalue weighted by molar-refractivity contribution is 0.102. The molecule has 28 heavy (non-hydrogen) atoms. The lowest BCUT2D eigenvalue weighted by Crippen LogP contribution is -2.14. The van der Waals surface area contributed by atoms with Crippen molar-refractivity contribution < 1.29 is 4.79 Å². The number of amides is 1. The molecule has 4 aromatic rings. The summed E-state index contributed by atoms with van der Waals surface area (Å²) in [4.78, 5) is 35.3. The first kappa shape index (κ1) is 17.3. The van der Waals surface area contributed by atoms with Crippen molar-refractivity contribution in [1.29, 1.82) is 0 Å². The monoisotopic (exact) mass is 372 g/mol. The van der Waals surface area contributed by atoms with Gasteiger partial charge < -0.3 is 10.3 Å². The van der Waals surface area contributed by atoms with Gasteiger partial charge in [-0.2, -0.15) is 5.10 Å². The van der Waals surface area contributed by atoms with Gasteiger partial charge in [-0.3, -0.25) is 19.3 Å². The number of anilines is 1. The zero-order chi connectivity index (χ0) is 19.5. The maximum absolute atomic E-state index is 12.8. The maximum atomic E-state index is 12.8. The van der Waals surface area contributed by atoms with E-state index in [-0.39, 0.29) is 17.2 Å². The second-order valence-corrected chi connectivity index (χ2v) is 6.08. The molecular formula is C20H16N6O2. The Kier molecular flexibility index (Phi) is 4.51. The molecule has 0 atom stereocenters. The van der Waals surface area contributed by atoms with Gasteiger partial charge in [0.1, 0.15) is 11.4 Å². The highest BCUT2D eigenvalue weighted by Gasteiger charge is 2.16. The predicted molar refractivity (Wildman–Crippen MR) is 105 cm³/mol. The average Bonchev–Trinajstić information content (AvgIpc) is 3.09. The van der Waals surface area contributed by atoms with E-state index in [0.29, 0.717) is 28.3 Å². The molecule has 8 nitrogen and oxygen atoms in total. The number of hydrogen-bond donors (Lipinski definition) is 2. The standard InChI is InChI=1S/C20H16N6O2/c1-26-12-17(19(25-26)15-5-2-3-10-21-15)24-20(28)16-7-4-6-14(23-16)13-8-9-18(27)22-11-13/h2-12H,1H3,(H,22,27)(H,24,28). The quantitative estimate of drug-likeness (QED) is 0.572. The average molecular weight is 372 g/mol. The second-order valence-electron chi connectivity index (χ2n) is 6.08. The first-order chi connectivity index (χ1) is 13.6. The zero-order valence-corrected chi connectivity index (χ0v) is 15.0. The number of aryl methyl sites for hydroxylation is 1. The van der Waals surface area contributed by atoms with Crippen LogP contribution in [0.1, 0.15) is 10.5 Å². The van der Waals surface area contributed by atoms with Gasteiger partial charge in [0, 0.05) is 37.3 Å². The molecule has 0 saturated heterocycles. The van der Waals surface area contributed by atoms with Gasteiger partial charge in [-0.25, -0.2) is 4.98 Å². The van der Waals surface area contributed by atoms with Crippen LogP contribution >= 0.6 is 0 Å². The number of nitrogens with one attached hydrogen (secondary N) is 2. The molecule has 0 unspecified atom stereocenters. The lowest BCUT2D eigenvalue weighted by atomic mass is 10.2. The van der Waals surface area contributed by atoms with E-state index in [1.54, 1.807) is 54.6 Å². The van der Waals surface area contributed by atoms with Crippen LogP contribution in [0, 0.1) is 0 Å². The zero-order valence-electron chi connectivity index (χ0n) is 15.0. The van der Waals surface area contributed by atoms with E-state index in [4.69, 9.17) is 0 Å². The third-order valence-corrected chi connectivity index (χ3v) is 4.05. The Morgan fingerprint density at radius 2 is 1.93 bits per heavy atom. The smallest absolute Gasteiger partial charge is 0.274 e. The molecule has 0 aliphatic carbocycles. The third-order valence-electron chi connectivity index (χ3n) is 4.05. The Hall–Kier alpha value is -4.07. The van der Waals surface area contributed by atoms with E-state index in [9.17, 15) is 9.59 Å². The van der Waals surface area contributed by atoms with Crippen molar-refractivity contribution in [3.63, 3.8) is 0 Å². The van der Waals surface area contributed by atoms with Crippen molar-refractivity contribution in [3.05, 3.63) is 83.2 Å². The minimum Gasteiger partial charge on any atom is -0.328 e. The first-order valence-electron chi connectivity index (χ1n) is 8.53. The number of nitrogens with zero attached hydrogens (tertiary/aromatic N) is 4. The van der Waals surface area contributed by atoms with Crippen molar-refractivity contribution >= 4 is 11.6 Å². The van der Waals surface area contributed by atoms with Crippen LogP contribution in [-0.2, 0) is 7.05 Å².